The summed E-state index contributed by atoms with van der Waals surface area (Å²) >= 11 is 0. The first-order valence-corrected chi connectivity index (χ1v) is 7.59. The largest absolute Gasteiger partial charge is 0.497 e. The molecule has 3 heteroatoms. The van der Waals surface area contributed by atoms with E-state index in [1.54, 1.807) is 38.5 Å². The molecule has 0 fully saturated rings. The van der Waals surface area contributed by atoms with Gasteiger partial charge < -0.3 is 9.47 Å². The number of ketones is 1. The Morgan fingerprint density at radius 2 is 1.70 bits per heavy atom. The summed E-state index contributed by atoms with van der Waals surface area (Å²) in [6, 6.07) is 13.4. The number of ether oxygens (including phenoxy) is 2. The van der Waals surface area contributed by atoms with Gasteiger partial charge in [0.1, 0.15) is 11.5 Å². The summed E-state index contributed by atoms with van der Waals surface area (Å²) in [5.41, 5.74) is 2.76. The number of carbonyl (C=O) groups is 1. The molecule has 0 heterocycles. The maximum absolute atomic E-state index is 12.4. The minimum atomic E-state index is -0.117. The second kappa shape index (κ2) is 7.63. The third kappa shape index (κ3) is 4.22. The molecule has 0 aliphatic rings. The van der Waals surface area contributed by atoms with Crippen LogP contribution in [0.2, 0.25) is 0 Å². The summed E-state index contributed by atoms with van der Waals surface area (Å²) in [5.74, 6) is 1.55. The zero-order valence-corrected chi connectivity index (χ0v) is 14.0. The van der Waals surface area contributed by atoms with Crippen LogP contribution in [0.15, 0.2) is 48.5 Å². The van der Waals surface area contributed by atoms with E-state index in [9.17, 15) is 4.79 Å². The van der Waals surface area contributed by atoms with Crippen molar-refractivity contribution < 1.29 is 14.3 Å². The van der Waals surface area contributed by atoms with Crippen molar-refractivity contribution in [3.05, 3.63) is 65.2 Å². The molecule has 0 saturated carbocycles. The Morgan fingerprint density at radius 1 is 1.00 bits per heavy atom. The molecule has 0 radical (unpaired) electrons. The van der Waals surface area contributed by atoms with E-state index in [2.05, 4.69) is 26.0 Å². The lowest BCUT2D eigenvalue weighted by Gasteiger charge is -2.08. The van der Waals surface area contributed by atoms with Crippen LogP contribution in [0, 0.1) is 0 Å². The molecule has 0 unspecified atom stereocenters. The van der Waals surface area contributed by atoms with Crippen LogP contribution in [0.4, 0.5) is 0 Å². The van der Waals surface area contributed by atoms with Crippen LogP contribution in [0.5, 0.6) is 11.5 Å². The van der Waals surface area contributed by atoms with E-state index in [1.165, 1.54) is 5.56 Å². The van der Waals surface area contributed by atoms with Gasteiger partial charge in [-0.3, -0.25) is 4.79 Å². The maximum atomic E-state index is 12.4. The molecular formula is C20H22O3. The smallest absolute Gasteiger partial charge is 0.189 e. The van der Waals surface area contributed by atoms with Gasteiger partial charge >= 0.3 is 0 Å². The molecule has 0 spiro atoms. The van der Waals surface area contributed by atoms with E-state index < -0.39 is 0 Å². The second-order valence-corrected chi connectivity index (χ2v) is 5.59. The van der Waals surface area contributed by atoms with Gasteiger partial charge in [-0.25, -0.2) is 0 Å². The molecule has 120 valence electrons. The highest BCUT2D eigenvalue weighted by Crippen LogP contribution is 2.25. The lowest BCUT2D eigenvalue weighted by Crippen LogP contribution is -1.99. The minimum absolute atomic E-state index is 0.117. The van der Waals surface area contributed by atoms with Gasteiger partial charge in [0.05, 0.1) is 19.8 Å². The van der Waals surface area contributed by atoms with Crippen molar-refractivity contribution in [1.82, 2.24) is 0 Å². The van der Waals surface area contributed by atoms with Crippen LogP contribution in [0.25, 0.3) is 6.08 Å². The van der Waals surface area contributed by atoms with E-state index in [0.717, 1.165) is 5.56 Å². The minimum Gasteiger partial charge on any atom is -0.497 e. The summed E-state index contributed by atoms with van der Waals surface area (Å²) in [6.45, 7) is 4.31. The number of methoxy groups -OCH3 is 2. The molecule has 0 atom stereocenters. The molecular weight excluding hydrogens is 288 g/mol. The van der Waals surface area contributed by atoms with Gasteiger partial charge in [0.25, 0.3) is 0 Å². The number of rotatable bonds is 6. The zero-order chi connectivity index (χ0) is 16.8. The Balaban J connectivity index is 2.21. The summed E-state index contributed by atoms with van der Waals surface area (Å²) in [7, 11) is 3.12. The molecule has 0 saturated heterocycles. The quantitative estimate of drug-likeness (QED) is 0.572. The van der Waals surface area contributed by atoms with Crippen LogP contribution in [0.3, 0.4) is 0 Å². The van der Waals surface area contributed by atoms with E-state index in [-0.39, 0.29) is 5.78 Å². The van der Waals surface area contributed by atoms with Crippen molar-refractivity contribution in [3.8, 4) is 11.5 Å². The van der Waals surface area contributed by atoms with Crippen molar-refractivity contribution in [3.63, 3.8) is 0 Å². The normalized spacial score (nSPS) is 11.0. The van der Waals surface area contributed by atoms with Crippen molar-refractivity contribution in [2.24, 2.45) is 0 Å². The third-order valence-corrected chi connectivity index (χ3v) is 3.70. The van der Waals surface area contributed by atoms with Gasteiger partial charge in [0.2, 0.25) is 0 Å². The molecule has 0 amide bonds. The Kier molecular flexibility index (Phi) is 5.58. The van der Waals surface area contributed by atoms with Crippen LogP contribution in [0.1, 0.15) is 41.3 Å². The third-order valence-electron chi connectivity index (χ3n) is 3.70. The second-order valence-electron chi connectivity index (χ2n) is 5.59. The maximum Gasteiger partial charge on any atom is 0.189 e. The lowest BCUT2D eigenvalue weighted by molar-refractivity contribution is 0.104. The monoisotopic (exact) mass is 310 g/mol. The van der Waals surface area contributed by atoms with Gasteiger partial charge in [-0.05, 0) is 41.3 Å². The topological polar surface area (TPSA) is 35.5 Å². The molecule has 0 aliphatic heterocycles. The summed E-state index contributed by atoms with van der Waals surface area (Å²) < 4.78 is 10.4. The fourth-order valence-electron chi connectivity index (χ4n) is 2.26. The molecule has 3 nitrogen and oxygen atoms in total. The predicted molar refractivity (Wildman–Crippen MR) is 93.4 cm³/mol. The van der Waals surface area contributed by atoms with E-state index >= 15 is 0 Å². The molecule has 0 aromatic heterocycles. The number of allylic oxidation sites excluding steroid dienone is 1. The van der Waals surface area contributed by atoms with Crippen LogP contribution in [-0.2, 0) is 0 Å². The first-order valence-electron chi connectivity index (χ1n) is 7.59. The van der Waals surface area contributed by atoms with Crippen molar-refractivity contribution >= 4 is 11.9 Å². The van der Waals surface area contributed by atoms with Gasteiger partial charge in [0.15, 0.2) is 5.78 Å². The number of hydrogen-bond acceptors (Lipinski definition) is 3. The first-order chi connectivity index (χ1) is 11.0. The van der Waals surface area contributed by atoms with Crippen molar-refractivity contribution in [2.75, 3.05) is 14.2 Å². The van der Waals surface area contributed by atoms with Crippen molar-refractivity contribution in [2.45, 2.75) is 19.8 Å². The van der Waals surface area contributed by atoms with Gasteiger partial charge in [0, 0.05) is 0 Å². The van der Waals surface area contributed by atoms with Crippen LogP contribution in [-0.4, -0.2) is 20.0 Å². The highest BCUT2D eigenvalue weighted by Gasteiger charge is 2.11. The summed E-state index contributed by atoms with van der Waals surface area (Å²) in [6.07, 6.45) is 3.37. The number of carbonyl (C=O) groups excluding carboxylic acids is 1. The summed E-state index contributed by atoms with van der Waals surface area (Å²) in [4.78, 5) is 12.4. The molecule has 2 aromatic rings. The van der Waals surface area contributed by atoms with Crippen molar-refractivity contribution in [1.29, 1.82) is 0 Å². The van der Waals surface area contributed by atoms with E-state index in [4.69, 9.17) is 9.47 Å². The average molecular weight is 310 g/mol. The molecule has 2 rings (SSSR count). The van der Waals surface area contributed by atoms with Crippen LogP contribution < -0.4 is 9.47 Å². The number of hydrogen-bond donors (Lipinski definition) is 0. The van der Waals surface area contributed by atoms with Gasteiger partial charge in [-0.15, -0.1) is 0 Å². The summed E-state index contributed by atoms with van der Waals surface area (Å²) in [5, 5.41) is 0. The standard InChI is InChI=1S/C20H22O3/c1-14(2)16-8-5-15(6-9-16)7-11-19(21)18-13-17(22-3)10-12-20(18)23-4/h5-14H,1-4H3/b11-7+. The SMILES string of the molecule is COc1ccc(OC)c(C(=O)/C=C/c2ccc(C(C)C)cc2)c1. The Bertz CT molecular complexity index is 697. The number of benzene rings is 2. The molecule has 2 aromatic carbocycles. The molecule has 0 bridgehead atoms. The highest BCUT2D eigenvalue weighted by molar-refractivity contribution is 6.08. The van der Waals surface area contributed by atoms with E-state index in [1.807, 2.05) is 18.2 Å². The fourth-order valence-corrected chi connectivity index (χ4v) is 2.26. The highest BCUT2D eigenvalue weighted by atomic mass is 16.5. The first kappa shape index (κ1) is 16.8. The molecule has 0 N–H and O–H groups in total. The Hall–Kier alpha value is -2.55. The Labute approximate surface area is 137 Å². The van der Waals surface area contributed by atoms with Crippen LogP contribution >= 0.6 is 0 Å². The Morgan fingerprint density at radius 3 is 2.26 bits per heavy atom. The lowest BCUT2D eigenvalue weighted by atomic mass is 10.0. The molecule has 23 heavy (non-hydrogen) atoms. The van der Waals surface area contributed by atoms with Gasteiger partial charge in [-0.1, -0.05) is 44.2 Å². The zero-order valence-electron chi connectivity index (χ0n) is 14.0. The van der Waals surface area contributed by atoms with Gasteiger partial charge in [-0.2, -0.15) is 0 Å². The van der Waals surface area contributed by atoms with E-state index in [0.29, 0.717) is 23.0 Å². The average Bonchev–Trinajstić information content (AvgIpc) is 2.59. The fraction of sp³-hybridized carbons (Fsp3) is 0.250. The predicted octanol–water partition coefficient (Wildman–Crippen LogP) is 4.72. The molecule has 0 aliphatic carbocycles.